The van der Waals surface area contributed by atoms with Crippen LogP contribution in [0.15, 0.2) is 18.2 Å². The number of aromatic hydroxyl groups is 1. The van der Waals surface area contributed by atoms with E-state index < -0.39 is 30.1 Å². The van der Waals surface area contributed by atoms with Crippen molar-refractivity contribution in [3.8, 4) is 11.5 Å². The molecule has 0 radical (unpaired) electrons. The summed E-state index contributed by atoms with van der Waals surface area (Å²) in [5.74, 6) is -1.00. The molecule has 5 nitrogen and oxygen atoms in total. The Hall–Kier alpha value is -1.45. The predicted octanol–water partition coefficient (Wildman–Crippen LogP) is 2.35. The average Bonchev–Trinajstić information content (AvgIpc) is 2.35. The monoisotopic (exact) mass is 340 g/mol. The molecule has 0 aromatic heterocycles. The number of phenols is 1. The van der Waals surface area contributed by atoms with E-state index in [1.54, 1.807) is 0 Å². The van der Waals surface area contributed by atoms with Crippen molar-refractivity contribution in [2.24, 2.45) is 0 Å². The molecule has 2 unspecified atom stereocenters. The van der Waals surface area contributed by atoms with Gasteiger partial charge >= 0.3 is 6.36 Å². The van der Waals surface area contributed by atoms with E-state index in [9.17, 15) is 33.3 Å². The lowest BCUT2D eigenvalue weighted by Gasteiger charge is -2.19. The van der Waals surface area contributed by atoms with Gasteiger partial charge in [-0.3, -0.25) is 4.79 Å². The van der Waals surface area contributed by atoms with Crippen LogP contribution in [0.2, 0.25) is 0 Å². The predicted molar refractivity (Wildman–Crippen MR) is 73.5 cm³/mol. The Morgan fingerprint density at radius 2 is 2.00 bits per heavy atom. The summed E-state index contributed by atoms with van der Waals surface area (Å²) in [6, 6.07) is 2.65. The van der Waals surface area contributed by atoms with Crippen LogP contribution in [0.3, 0.4) is 0 Å². The van der Waals surface area contributed by atoms with E-state index in [-0.39, 0.29) is 22.9 Å². The smallest absolute Gasteiger partial charge is 0.507 e. The van der Waals surface area contributed by atoms with E-state index in [4.69, 9.17) is 0 Å². The van der Waals surface area contributed by atoms with Crippen molar-refractivity contribution in [3.05, 3.63) is 23.8 Å². The molecule has 124 valence electrons. The van der Waals surface area contributed by atoms with Crippen molar-refractivity contribution in [1.29, 1.82) is 0 Å². The first-order chi connectivity index (χ1) is 10.1. The Labute approximate surface area is 128 Å². The molecule has 0 aliphatic rings. The van der Waals surface area contributed by atoms with Gasteiger partial charge in [-0.2, -0.15) is 0 Å². The minimum atomic E-state index is -4.89. The molecule has 0 spiro atoms. The van der Waals surface area contributed by atoms with Gasteiger partial charge in [-0.1, -0.05) is 11.8 Å². The van der Waals surface area contributed by atoms with E-state index >= 15 is 0 Å². The van der Waals surface area contributed by atoms with Crippen LogP contribution >= 0.6 is 11.8 Å². The maximum absolute atomic E-state index is 12.0. The highest BCUT2D eigenvalue weighted by Crippen LogP contribution is 2.33. The summed E-state index contributed by atoms with van der Waals surface area (Å²) in [7, 11) is 0. The van der Waals surface area contributed by atoms with Gasteiger partial charge in [0, 0.05) is 24.3 Å². The van der Waals surface area contributed by atoms with Crippen LogP contribution in [0.25, 0.3) is 0 Å². The summed E-state index contributed by atoms with van der Waals surface area (Å²) < 4.78 is 39.7. The molecule has 1 aromatic rings. The largest absolute Gasteiger partial charge is 0.573 e. The van der Waals surface area contributed by atoms with Gasteiger partial charge < -0.3 is 20.1 Å². The van der Waals surface area contributed by atoms with Gasteiger partial charge in [-0.05, 0) is 18.6 Å². The van der Waals surface area contributed by atoms with E-state index in [0.29, 0.717) is 6.07 Å². The number of rotatable bonds is 6. The second-order valence-corrected chi connectivity index (χ2v) is 5.68. The fraction of sp³-hybridized carbons (Fsp3) is 0.462. The highest BCUT2D eigenvalue weighted by atomic mass is 32.2. The number of aliphatic hydroxyl groups excluding tert-OH is 2. The van der Waals surface area contributed by atoms with Gasteiger partial charge in [-0.25, -0.2) is 0 Å². The summed E-state index contributed by atoms with van der Waals surface area (Å²) in [5, 5.41) is 29.2. The number of hydrogen-bond acceptors (Lipinski definition) is 6. The zero-order valence-corrected chi connectivity index (χ0v) is 12.3. The molecule has 0 aliphatic heterocycles. The number of thioether (sulfide) groups is 1. The number of ether oxygens (including phenoxy) is 1. The van der Waals surface area contributed by atoms with Crippen molar-refractivity contribution in [1.82, 2.24) is 0 Å². The molecule has 0 aliphatic carbocycles. The van der Waals surface area contributed by atoms with Crippen LogP contribution < -0.4 is 4.74 Å². The molecule has 1 rings (SSSR count). The zero-order valence-electron chi connectivity index (χ0n) is 11.5. The van der Waals surface area contributed by atoms with E-state index in [2.05, 4.69) is 4.74 Å². The number of hydrogen-bond donors (Lipinski definition) is 3. The van der Waals surface area contributed by atoms with Crippen LogP contribution in [0.5, 0.6) is 11.5 Å². The Morgan fingerprint density at radius 1 is 1.36 bits per heavy atom. The molecule has 0 saturated carbocycles. The first-order valence-electron chi connectivity index (χ1n) is 6.18. The summed E-state index contributed by atoms with van der Waals surface area (Å²) >= 11 is 0.968. The number of alkyl halides is 3. The molecule has 0 amide bonds. The third kappa shape index (κ3) is 6.12. The van der Waals surface area contributed by atoms with E-state index in [1.165, 1.54) is 6.92 Å². The fourth-order valence-electron chi connectivity index (χ4n) is 1.66. The molecule has 1 aromatic carbocycles. The topological polar surface area (TPSA) is 87.0 Å². The second-order valence-electron chi connectivity index (χ2n) is 4.41. The maximum Gasteiger partial charge on any atom is 0.573 e. The fourth-order valence-corrected chi connectivity index (χ4v) is 2.31. The van der Waals surface area contributed by atoms with Crippen molar-refractivity contribution in [2.75, 3.05) is 5.75 Å². The van der Waals surface area contributed by atoms with Crippen molar-refractivity contribution >= 4 is 16.9 Å². The lowest BCUT2D eigenvalue weighted by Crippen LogP contribution is -2.20. The minimum Gasteiger partial charge on any atom is -0.507 e. The van der Waals surface area contributed by atoms with Crippen molar-refractivity contribution < 1.29 is 38.0 Å². The normalized spacial score (nSPS) is 14.5. The van der Waals surface area contributed by atoms with Crippen molar-refractivity contribution in [2.45, 2.75) is 31.9 Å². The van der Waals surface area contributed by atoms with Gasteiger partial charge in [0.1, 0.15) is 17.6 Å². The summed E-state index contributed by atoms with van der Waals surface area (Å²) in [6.45, 7) is 1.36. The number of benzene rings is 1. The molecule has 0 heterocycles. The first kappa shape index (κ1) is 18.6. The van der Waals surface area contributed by atoms with Crippen LogP contribution in [-0.2, 0) is 4.79 Å². The number of aliphatic hydroxyl groups is 2. The second kappa shape index (κ2) is 7.70. The van der Waals surface area contributed by atoms with Crippen molar-refractivity contribution in [3.63, 3.8) is 0 Å². The highest BCUT2D eigenvalue weighted by molar-refractivity contribution is 8.13. The summed E-state index contributed by atoms with van der Waals surface area (Å²) in [5.41, 5.74) is -0.130. The Kier molecular flexibility index (Phi) is 6.51. The molecule has 0 bridgehead atoms. The number of carbonyl (C=O) groups is 1. The Bertz CT molecular complexity index is 521. The van der Waals surface area contributed by atoms with Crippen LogP contribution in [0, 0.1) is 0 Å². The molecule has 0 saturated heterocycles. The standard InChI is InChI=1S/C13H15F3O5S/c1-7(17)22-5-4-10(18)12(20)9-3-2-8(6-11(9)19)21-13(14,15)16/h2-3,6,10,12,18-20H,4-5H2,1H3. The quantitative estimate of drug-likeness (QED) is 0.737. The number of carbonyl (C=O) groups excluding carboxylic acids is 1. The van der Waals surface area contributed by atoms with Gasteiger partial charge in [0.25, 0.3) is 0 Å². The first-order valence-corrected chi connectivity index (χ1v) is 7.17. The van der Waals surface area contributed by atoms with Crippen LogP contribution in [0.4, 0.5) is 13.2 Å². The number of phenolic OH excluding ortho intramolecular Hbond substituents is 1. The maximum atomic E-state index is 12.0. The third-order valence-corrected chi connectivity index (χ3v) is 3.48. The molecular weight excluding hydrogens is 325 g/mol. The van der Waals surface area contributed by atoms with E-state index in [0.717, 1.165) is 23.9 Å². The molecule has 9 heteroatoms. The lowest BCUT2D eigenvalue weighted by molar-refractivity contribution is -0.274. The SMILES string of the molecule is CC(=O)SCCC(O)C(O)c1ccc(OC(F)(F)F)cc1O. The zero-order chi connectivity index (χ0) is 16.9. The summed E-state index contributed by atoms with van der Waals surface area (Å²) in [6.07, 6.45) is -7.58. The van der Waals surface area contributed by atoms with Crippen LogP contribution in [0.1, 0.15) is 25.0 Å². The van der Waals surface area contributed by atoms with Gasteiger partial charge in [-0.15, -0.1) is 13.2 Å². The molecular formula is C13H15F3O5S. The Morgan fingerprint density at radius 3 is 2.50 bits per heavy atom. The Balaban J connectivity index is 2.73. The van der Waals surface area contributed by atoms with Crippen LogP contribution in [-0.4, -0.2) is 38.7 Å². The number of halogens is 3. The van der Waals surface area contributed by atoms with Gasteiger partial charge in [0.2, 0.25) is 0 Å². The molecule has 22 heavy (non-hydrogen) atoms. The lowest BCUT2D eigenvalue weighted by atomic mass is 10.0. The van der Waals surface area contributed by atoms with E-state index in [1.807, 2.05) is 0 Å². The third-order valence-electron chi connectivity index (χ3n) is 2.64. The highest BCUT2D eigenvalue weighted by Gasteiger charge is 2.31. The van der Waals surface area contributed by atoms with Gasteiger partial charge in [0.05, 0.1) is 6.10 Å². The molecule has 3 N–H and O–H groups in total. The average molecular weight is 340 g/mol. The summed E-state index contributed by atoms with van der Waals surface area (Å²) in [4.78, 5) is 10.7. The molecule has 0 fully saturated rings. The minimum absolute atomic E-state index is 0.0751. The van der Waals surface area contributed by atoms with Gasteiger partial charge in [0.15, 0.2) is 5.12 Å². The molecule has 2 atom stereocenters.